The van der Waals surface area contributed by atoms with Crippen molar-refractivity contribution in [2.24, 2.45) is 10.9 Å². The molecule has 5 nitrogen and oxygen atoms in total. The average molecular weight is 503 g/mol. The Balaban J connectivity index is 0.00000392. The number of rotatable bonds is 10. The van der Waals surface area contributed by atoms with Gasteiger partial charge in [-0.1, -0.05) is 43.7 Å². The Labute approximate surface area is 188 Å². The fraction of sp³-hybridized carbons (Fsp3) is 0.682. The van der Waals surface area contributed by atoms with Crippen LogP contribution in [0, 0.1) is 5.92 Å². The van der Waals surface area contributed by atoms with Crippen LogP contribution in [-0.2, 0) is 9.47 Å². The molecule has 0 bridgehead atoms. The molecular formula is C22H38IN3O2. The lowest BCUT2D eigenvalue weighted by Crippen LogP contribution is -2.48. The lowest BCUT2D eigenvalue weighted by atomic mass is 9.79. The Morgan fingerprint density at radius 2 is 1.96 bits per heavy atom. The lowest BCUT2D eigenvalue weighted by molar-refractivity contribution is 0.0689. The number of methoxy groups -OCH3 is 1. The molecule has 2 unspecified atom stereocenters. The number of ether oxygens (including phenoxy) is 2. The van der Waals surface area contributed by atoms with E-state index in [1.807, 2.05) is 7.05 Å². The maximum Gasteiger partial charge on any atom is 0.193 e. The minimum Gasteiger partial charge on any atom is -0.382 e. The number of likely N-dealkylation sites (tertiary alicyclic amines) is 1. The van der Waals surface area contributed by atoms with Crippen LogP contribution in [0.2, 0.25) is 0 Å². The maximum absolute atomic E-state index is 5.51. The number of piperidine rings is 1. The normalized spacial score (nSPS) is 20.0. The van der Waals surface area contributed by atoms with Gasteiger partial charge in [-0.3, -0.25) is 4.99 Å². The predicted octanol–water partition coefficient (Wildman–Crippen LogP) is 4.14. The van der Waals surface area contributed by atoms with Crippen LogP contribution in [0.4, 0.5) is 0 Å². The van der Waals surface area contributed by atoms with Gasteiger partial charge < -0.3 is 19.7 Å². The summed E-state index contributed by atoms with van der Waals surface area (Å²) in [5.41, 5.74) is 1.49. The van der Waals surface area contributed by atoms with E-state index in [2.05, 4.69) is 52.5 Å². The molecule has 1 aliphatic heterocycles. The molecule has 0 aromatic heterocycles. The van der Waals surface area contributed by atoms with Gasteiger partial charge in [0, 0.05) is 40.4 Å². The molecule has 1 N–H and O–H groups in total. The highest BCUT2D eigenvalue weighted by Crippen LogP contribution is 2.34. The smallest absolute Gasteiger partial charge is 0.193 e. The van der Waals surface area contributed by atoms with Gasteiger partial charge in [0.25, 0.3) is 0 Å². The predicted molar refractivity (Wildman–Crippen MR) is 128 cm³/mol. The summed E-state index contributed by atoms with van der Waals surface area (Å²) in [6.07, 6.45) is 4.54. The molecule has 0 aliphatic carbocycles. The van der Waals surface area contributed by atoms with Crippen molar-refractivity contribution in [1.29, 1.82) is 0 Å². The Morgan fingerprint density at radius 3 is 2.64 bits per heavy atom. The molecule has 28 heavy (non-hydrogen) atoms. The van der Waals surface area contributed by atoms with E-state index in [9.17, 15) is 0 Å². The Morgan fingerprint density at radius 1 is 1.18 bits per heavy atom. The summed E-state index contributed by atoms with van der Waals surface area (Å²) in [4.78, 5) is 6.95. The maximum atomic E-state index is 5.51. The molecule has 2 rings (SSSR count). The van der Waals surface area contributed by atoms with Crippen molar-refractivity contribution in [1.82, 2.24) is 10.2 Å². The summed E-state index contributed by atoms with van der Waals surface area (Å²) < 4.78 is 10.5. The van der Waals surface area contributed by atoms with Crippen LogP contribution in [0.15, 0.2) is 35.3 Å². The first kappa shape index (κ1) is 25.2. The van der Waals surface area contributed by atoms with Gasteiger partial charge in [0.15, 0.2) is 5.96 Å². The second kappa shape index (κ2) is 15.0. The van der Waals surface area contributed by atoms with E-state index < -0.39 is 0 Å². The topological polar surface area (TPSA) is 46.1 Å². The van der Waals surface area contributed by atoms with Crippen molar-refractivity contribution in [3.8, 4) is 0 Å². The third-order valence-electron chi connectivity index (χ3n) is 5.43. The molecule has 0 spiro atoms. The van der Waals surface area contributed by atoms with Gasteiger partial charge in [0.05, 0.1) is 13.2 Å². The Hall–Kier alpha value is -0.860. The second-order valence-corrected chi connectivity index (χ2v) is 7.21. The Kier molecular flexibility index (Phi) is 13.5. The zero-order valence-corrected chi connectivity index (χ0v) is 20.1. The van der Waals surface area contributed by atoms with Crippen LogP contribution in [0.1, 0.15) is 44.1 Å². The van der Waals surface area contributed by atoms with Gasteiger partial charge in [-0.2, -0.15) is 0 Å². The van der Waals surface area contributed by atoms with Crippen LogP contribution in [0.25, 0.3) is 0 Å². The summed E-state index contributed by atoms with van der Waals surface area (Å²) in [7, 11) is 3.59. The third kappa shape index (κ3) is 8.25. The number of nitrogens with zero attached hydrogens (tertiary/aromatic N) is 2. The van der Waals surface area contributed by atoms with Crippen LogP contribution in [-0.4, -0.2) is 64.5 Å². The minimum absolute atomic E-state index is 0. The van der Waals surface area contributed by atoms with Gasteiger partial charge in [0.2, 0.25) is 0 Å². The molecule has 0 saturated carbocycles. The van der Waals surface area contributed by atoms with Gasteiger partial charge in [-0.05, 0) is 36.7 Å². The zero-order valence-electron chi connectivity index (χ0n) is 17.7. The van der Waals surface area contributed by atoms with E-state index in [1.54, 1.807) is 7.11 Å². The van der Waals surface area contributed by atoms with Gasteiger partial charge in [0.1, 0.15) is 0 Å². The molecule has 2 atom stereocenters. The molecule has 1 fully saturated rings. The van der Waals surface area contributed by atoms with Gasteiger partial charge in [-0.15, -0.1) is 24.0 Å². The van der Waals surface area contributed by atoms with Crippen molar-refractivity contribution >= 4 is 29.9 Å². The first-order valence-corrected chi connectivity index (χ1v) is 10.4. The van der Waals surface area contributed by atoms with Gasteiger partial charge >= 0.3 is 0 Å². The highest BCUT2D eigenvalue weighted by Gasteiger charge is 2.30. The van der Waals surface area contributed by atoms with Crippen molar-refractivity contribution in [2.75, 3.05) is 53.6 Å². The number of benzene rings is 1. The van der Waals surface area contributed by atoms with Crippen LogP contribution in [0.5, 0.6) is 0 Å². The summed E-state index contributed by atoms with van der Waals surface area (Å²) in [5.74, 6) is 2.38. The highest BCUT2D eigenvalue weighted by atomic mass is 127. The second-order valence-electron chi connectivity index (χ2n) is 7.21. The quantitative estimate of drug-likeness (QED) is 0.226. The molecule has 1 aromatic carbocycles. The number of aliphatic imine (C=N–C) groups is 1. The molecule has 0 amide bonds. The van der Waals surface area contributed by atoms with E-state index in [1.165, 1.54) is 18.4 Å². The number of unbranched alkanes of at least 4 members (excludes halogenated alkanes) is 1. The summed E-state index contributed by atoms with van der Waals surface area (Å²) in [5, 5.41) is 3.54. The SMILES string of the molecule is CCC1CN(C(=NC)NCCCCOCCOC)CCC1c1ccccc1.I. The Bertz CT molecular complexity index is 542. The number of halogens is 1. The van der Waals surface area contributed by atoms with E-state index in [4.69, 9.17) is 9.47 Å². The molecule has 1 saturated heterocycles. The summed E-state index contributed by atoms with van der Waals surface area (Å²) in [6.45, 7) is 7.54. The minimum atomic E-state index is 0. The molecule has 160 valence electrons. The number of guanidine groups is 1. The van der Waals surface area contributed by atoms with Crippen molar-refractivity contribution in [3.63, 3.8) is 0 Å². The third-order valence-corrected chi connectivity index (χ3v) is 5.43. The lowest BCUT2D eigenvalue weighted by Gasteiger charge is -2.40. The molecule has 0 radical (unpaired) electrons. The summed E-state index contributed by atoms with van der Waals surface area (Å²) >= 11 is 0. The van der Waals surface area contributed by atoms with E-state index in [-0.39, 0.29) is 24.0 Å². The fourth-order valence-corrected chi connectivity index (χ4v) is 3.88. The average Bonchev–Trinajstić information content (AvgIpc) is 2.73. The standard InChI is InChI=1S/C22H37N3O2.HI/c1-4-19-18-25(14-12-21(19)20-10-6-5-7-11-20)22(23-2)24-13-8-9-15-27-17-16-26-3;/h5-7,10-11,19,21H,4,8-9,12-18H2,1-3H3,(H,23,24);1H. The molecule has 1 aliphatic rings. The van der Waals surface area contributed by atoms with Crippen molar-refractivity contribution < 1.29 is 9.47 Å². The zero-order chi connectivity index (χ0) is 19.3. The number of hydrogen-bond donors (Lipinski definition) is 1. The van der Waals surface area contributed by atoms with E-state index >= 15 is 0 Å². The monoisotopic (exact) mass is 503 g/mol. The first-order chi connectivity index (χ1) is 13.3. The van der Waals surface area contributed by atoms with Crippen LogP contribution < -0.4 is 5.32 Å². The highest BCUT2D eigenvalue weighted by molar-refractivity contribution is 14.0. The molecule has 1 aromatic rings. The fourth-order valence-electron chi connectivity index (χ4n) is 3.88. The van der Waals surface area contributed by atoms with Gasteiger partial charge in [-0.25, -0.2) is 0 Å². The first-order valence-electron chi connectivity index (χ1n) is 10.4. The largest absolute Gasteiger partial charge is 0.382 e. The molecule has 1 heterocycles. The van der Waals surface area contributed by atoms with Crippen LogP contribution in [0.3, 0.4) is 0 Å². The van der Waals surface area contributed by atoms with E-state index in [0.717, 1.165) is 45.0 Å². The number of nitrogens with one attached hydrogen (secondary N) is 1. The van der Waals surface area contributed by atoms with E-state index in [0.29, 0.717) is 25.0 Å². The summed E-state index contributed by atoms with van der Waals surface area (Å²) in [6, 6.07) is 11.0. The molecular weight excluding hydrogens is 465 g/mol. The van der Waals surface area contributed by atoms with Crippen molar-refractivity contribution in [2.45, 2.75) is 38.5 Å². The van der Waals surface area contributed by atoms with Crippen LogP contribution >= 0.6 is 24.0 Å². The molecule has 6 heteroatoms. The van der Waals surface area contributed by atoms with Crippen molar-refractivity contribution in [3.05, 3.63) is 35.9 Å². The number of hydrogen-bond acceptors (Lipinski definition) is 3.